The van der Waals surface area contributed by atoms with Crippen molar-refractivity contribution in [2.24, 2.45) is 0 Å². The summed E-state index contributed by atoms with van der Waals surface area (Å²) in [5.41, 5.74) is 1.92. The normalized spacial score (nSPS) is 12.3. The fourth-order valence-corrected chi connectivity index (χ4v) is 1.21. The molecule has 1 N–H and O–H groups in total. The van der Waals surface area contributed by atoms with Crippen molar-refractivity contribution in [2.75, 3.05) is 0 Å². The fraction of sp³-hybridized carbons (Fsp3) is 0.167. The lowest BCUT2D eigenvalue weighted by molar-refractivity contribution is 0.511. The van der Waals surface area contributed by atoms with Crippen molar-refractivity contribution in [1.29, 1.82) is 0 Å². The van der Waals surface area contributed by atoms with Crippen LogP contribution < -0.4 is 0 Å². The third-order valence-electron chi connectivity index (χ3n) is 1.86. The van der Waals surface area contributed by atoms with Crippen molar-refractivity contribution >= 4 is 11.8 Å². The molecule has 0 unspecified atom stereocenters. The number of allylic oxidation sites excluding steroid dienone is 2. The summed E-state index contributed by atoms with van der Waals surface area (Å²) in [6.07, 6.45) is 5.64. The molecule has 1 nitrogen and oxygen atoms in total. The minimum atomic E-state index is 0.328. The van der Waals surface area contributed by atoms with Gasteiger partial charge >= 0.3 is 0 Å². The van der Waals surface area contributed by atoms with Gasteiger partial charge in [-0.2, -0.15) is 0 Å². The Labute approximate surface area is 79.0 Å². The molecule has 0 fully saturated rings. The molecule has 0 saturated carbocycles. The quantitative estimate of drug-likeness (QED) is 0.679. The summed E-state index contributed by atoms with van der Waals surface area (Å²) in [6, 6.07) is 7.77. The van der Waals surface area contributed by atoms with Gasteiger partial charge in [0, 0.05) is 5.56 Å². The number of aliphatic hydroxyl groups is 1. The highest BCUT2D eigenvalue weighted by Crippen LogP contribution is 2.17. The molecule has 0 radical (unpaired) electrons. The molecule has 0 atom stereocenters. The summed E-state index contributed by atoms with van der Waals surface area (Å²) in [6.45, 7) is 3.78. The Morgan fingerprint density at radius 3 is 2.54 bits per heavy atom. The van der Waals surface area contributed by atoms with Crippen LogP contribution >= 0.6 is 0 Å². The molecule has 0 heterocycles. The van der Waals surface area contributed by atoms with E-state index in [9.17, 15) is 5.11 Å². The summed E-state index contributed by atoms with van der Waals surface area (Å²) >= 11 is 0. The van der Waals surface area contributed by atoms with Gasteiger partial charge in [0.05, 0.1) is 0 Å². The second-order valence-electron chi connectivity index (χ2n) is 2.76. The molecule has 0 bridgehead atoms. The van der Waals surface area contributed by atoms with Gasteiger partial charge in [-0.25, -0.2) is 0 Å². The third-order valence-corrected chi connectivity index (χ3v) is 1.86. The average Bonchev–Trinajstić information content (AvgIpc) is 2.18. The van der Waals surface area contributed by atoms with E-state index >= 15 is 0 Å². The largest absolute Gasteiger partial charge is 0.508 e. The van der Waals surface area contributed by atoms with Crippen molar-refractivity contribution in [3.8, 4) is 0 Å². The van der Waals surface area contributed by atoms with Gasteiger partial charge in [-0.1, -0.05) is 36.4 Å². The van der Waals surface area contributed by atoms with Crippen molar-refractivity contribution in [3.63, 3.8) is 0 Å². The molecular formula is C12H14O. The molecule has 0 aliphatic heterocycles. The molecule has 0 aliphatic carbocycles. The number of benzene rings is 1. The molecule has 1 aromatic carbocycles. The molecule has 1 heteroatoms. The molecule has 68 valence electrons. The van der Waals surface area contributed by atoms with Gasteiger partial charge < -0.3 is 5.11 Å². The van der Waals surface area contributed by atoms with Crippen LogP contribution in [0.2, 0.25) is 0 Å². The van der Waals surface area contributed by atoms with E-state index in [2.05, 4.69) is 0 Å². The van der Waals surface area contributed by atoms with Gasteiger partial charge in [0.25, 0.3) is 0 Å². The molecule has 0 saturated heterocycles. The Morgan fingerprint density at radius 2 is 1.92 bits per heavy atom. The fourth-order valence-electron chi connectivity index (χ4n) is 1.21. The second-order valence-corrected chi connectivity index (χ2v) is 2.76. The highest BCUT2D eigenvalue weighted by atomic mass is 16.3. The van der Waals surface area contributed by atoms with Gasteiger partial charge in [0.2, 0.25) is 0 Å². The minimum Gasteiger partial charge on any atom is -0.508 e. The van der Waals surface area contributed by atoms with Crippen LogP contribution in [0, 0.1) is 0 Å². The van der Waals surface area contributed by atoms with Crippen LogP contribution in [-0.2, 0) is 0 Å². The van der Waals surface area contributed by atoms with Crippen LogP contribution in [0.25, 0.3) is 11.8 Å². The Balaban J connectivity index is 3.19. The predicted molar refractivity (Wildman–Crippen MR) is 57.4 cm³/mol. The maximum atomic E-state index is 9.56. The summed E-state index contributed by atoms with van der Waals surface area (Å²) in [7, 11) is 0. The SMILES string of the molecule is C/C=C\c1ccccc1/C(O)=C\C. The first-order chi connectivity index (χ1) is 6.29. The van der Waals surface area contributed by atoms with Crippen molar-refractivity contribution in [3.05, 3.63) is 47.5 Å². The molecule has 0 aromatic heterocycles. The Morgan fingerprint density at radius 1 is 1.23 bits per heavy atom. The zero-order valence-electron chi connectivity index (χ0n) is 7.99. The van der Waals surface area contributed by atoms with Crippen LogP contribution in [0.15, 0.2) is 36.4 Å². The van der Waals surface area contributed by atoms with Gasteiger partial charge in [0.15, 0.2) is 0 Å². The highest BCUT2D eigenvalue weighted by Gasteiger charge is 2.00. The van der Waals surface area contributed by atoms with Crippen molar-refractivity contribution in [2.45, 2.75) is 13.8 Å². The number of hydrogen-bond acceptors (Lipinski definition) is 1. The number of rotatable bonds is 2. The van der Waals surface area contributed by atoms with Crippen LogP contribution in [0.3, 0.4) is 0 Å². The van der Waals surface area contributed by atoms with Gasteiger partial charge in [-0.05, 0) is 25.5 Å². The molecule has 0 aliphatic rings. The highest BCUT2D eigenvalue weighted by molar-refractivity contribution is 5.69. The number of aliphatic hydroxyl groups excluding tert-OH is 1. The molecule has 1 aromatic rings. The van der Waals surface area contributed by atoms with E-state index in [0.29, 0.717) is 5.76 Å². The van der Waals surface area contributed by atoms with Crippen molar-refractivity contribution in [1.82, 2.24) is 0 Å². The number of hydrogen-bond donors (Lipinski definition) is 1. The Bertz CT molecular complexity index is 335. The van der Waals surface area contributed by atoms with Gasteiger partial charge in [-0.3, -0.25) is 0 Å². The van der Waals surface area contributed by atoms with Crippen LogP contribution in [0.1, 0.15) is 25.0 Å². The molecular weight excluding hydrogens is 160 g/mol. The van der Waals surface area contributed by atoms with Gasteiger partial charge in [0.1, 0.15) is 5.76 Å². The van der Waals surface area contributed by atoms with Crippen LogP contribution in [0.4, 0.5) is 0 Å². The third kappa shape index (κ3) is 2.22. The lowest BCUT2D eigenvalue weighted by Crippen LogP contribution is -1.86. The van der Waals surface area contributed by atoms with E-state index in [-0.39, 0.29) is 0 Å². The first-order valence-electron chi connectivity index (χ1n) is 4.37. The Hall–Kier alpha value is -1.50. The zero-order chi connectivity index (χ0) is 9.68. The summed E-state index contributed by atoms with van der Waals surface area (Å²) in [5.74, 6) is 0.328. The van der Waals surface area contributed by atoms with Crippen LogP contribution in [0.5, 0.6) is 0 Å². The summed E-state index contributed by atoms with van der Waals surface area (Å²) in [5, 5.41) is 9.56. The zero-order valence-corrected chi connectivity index (χ0v) is 7.99. The summed E-state index contributed by atoms with van der Waals surface area (Å²) in [4.78, 5) is 0. The summed E-state index contributed by atoms with van der Waals surface area (Å²) < 4.78 is 0. The minimum absolute atomic E-state index is 0.328. The average molecular weight is 174 g/mol. The Kier molecular flexibility index (Phi) is 3.32. The van der Waals surface area contributed by atoms with E-state index in [1.54, 1.807) is 6.08 Å². The monoisotopic (exact) mass is 174 g/mol. The van der Waals surface area contributed by atoms with Crippen molar-refractivity contribution < 1.29 is 5.11 Å². The van der Waals surface area contributed by atoms with Crippen LogP contribution in [-0.4, -0.2) is 5.11 Å². The standard InChI is InChI=1S/C12H14O/c1-3-7-10-8-5-6-9-11(10)12(13)4-2/h3-9,13H,1-2H3/b7-3-,12-4+. The van der Waals surface area contributed by atoms with E-state index in [0.717, 1.165) is 11.1 Å². The predicted octanol–water partition coefficient (Wildman–Crippen LogP) is 3.64. The second kappa shape index (κ2) is 4.51. The topological polar surface area (TPSA) is 20.2 Å². The molecule has 1 rings (SSSR count). The van der Waals surface area contributed by atoms with E-state index < -0.39 is 0 Å². The first-order valence-corrected chi connectivity index (χ1v) is 4.37. The van der Waals surface area contributed by atoms with E-state index in [1.165, 1.54) is 0 Å². The van der Waals surface area contributed by atoms with E-state index in [4.69, 9.17) is 0 Å². The smallest absolute Gasteiger partial charge is 0.119 e. The first kappa shape index (κ1) is 9.59. The maximum Gasteiger partial charge on any atom is 0.119 e. The van der Waals surface area contributed by atoms with Gasteiger partial charge in [-0.15, -0.1) is 0 Å². The molecule has 0 amide bonds. The lowest BCUT2D eigenvalue weighted by Gasteiger charge is -2.03. The maximum absolute atomic E-state index is 9.56. The van der Waals surface area contributed by atoms with E-state index in [1.807, 2.05) is 50.3 Å². The lowest BCUT2D eigenvalue weighted by atomic mass is 10.1. The molecule has 0 spiro atoms. The molecule has 13 heavy (non-hydrogen) atoms.